The van der Waals surface area contributed by atoms with E-state index in [2.05, 4.69) is 29.6 Å². The molecule has 3 aromatic carbocycles. The van der Waals surface area contributed by atoms with E-state index >= 15 is 0 Å². The molecule has 0 saturated heterocycles. The molecule has 0 heterocycles. The zero-order valence-electron chi connectivity index (χ0n) is 16.9. The molecule has 4 heteroatoms. The Morgan fingerprint density at radius 3 is 2.27 bits per heavy atom. The molecule has 3 N–H and O–H groups in total. The first-order valence-electron chi connectivity index (χ1n) is 10.3. The lowest BCUT2D eigenvalue weighted by Crippen LogP contribution is -2.26. The van der Waals surface area contributed by atoms with E-state index in [-0.39, 0.29) is 12.0 Å². The van der Waals surface area contributed by atoms with E-state index in [4.69, 9.17) is 10.5 Å². The quantitative estimate of drug-likeness (QED) is 0.545. The Labute approximate surface area is 177 Å². The summed E-state index contributed by atoms with van der Waals surface area (Å²) in [6.07, 6.45) is 4.43. The third kappa shape index (κ3) is 4.29. The van der Waals surface area contributed by atoms with Crippen molar-refractivity contribution in [2.24, 2.45) is 5.73 Å². The van der Waals surface area contributed by atoms with Gasteiger partial charge in [0, 0.05) is 19.0 Å². The van der Waals surface area contributed by atoms with Gasteiger partial charge in [0.05, 0.1) is 0 Å². The highest BCUT2D eigenvalue weighted by molar-refractivity contribution is 5.79. The van der Waals surface area contributed by atoms with Gasteiger partial charge in [-0.05, 0) is 39.8 Å². The van der Waals surface area contributed by atoms with Gasteiger partial charge in [-0.15, -0.1) is 0 Å². The number of hydrogen-bond acceptors (Lipinski definition) is 3. The minimum atomic E-state index is -0.382. The zero-order valence-corrected chi connectivity index (χ0v) is 16.9. The van der Waals surface area contributed by atoms with Crippen LogP contribution in [0.3, 0.4) is 0 Å². The number of nitrogens with one attached hydrogen (secondary N) is 1. The molecular formula is C26H26N2O2. The summed E-state index contributed by atoms with van der Waals surface area (Å²) >= 11 is 0. The standard InChI is InChI=1S/C26H26N2O2/c27-17-20-11-2-1-9-19(20)10-7-8-16-28-26(29)30-18-25-23-14-5-3-12-21(23)22-13-4-6-15-24(22)25/h1-7,9-15,25H,8,16-18,27H2,(H,28,29). The Balaban J connectivity index is 1.28. The molecule has 0 fully saturated rings. The van der Waals surface area contributed by atoms with Crippen LogP contribution in [-0.2, 0) is 11.3 Å². The third-order valence-corrected chi connectivity index (χ3v) is 5.50. The highest BCUT2D eigenvalue weighted by Crippen LogP contribution is 2.44. The van der Waals surface area contributed by atoms with Crippen LogP contribution in [0.15, 0.2) is 78.9 Å². The van der Waals surface area contributed by atoms with Gasteiger partial charge >= 0.3 is 6.09 Å². The zero-order chi connectivity index (χ0) is 20.8. The lowest BCUT2D eigenvalue weighted by atomic mass is 9.98. The number of benzene rings is 3. The molecule has 0 radical (unpaired) electrons. The average molecular weight is 399 g/mol. The summed E-state index contributed by atoms with van der Waals surface area (Å²) < 4.78 is 5.55. The molecule has 1 aliphatic carbocycles. The number of amides is 1. The molecular weight excluding hydrogens is 372 g/mol. The van der Waals surface area contributed by atoms with Gasteiger partial charge in [-0.3, -0.25) is 0 Å². The van der Waals surface area contributed by atoms with Gasteiger partial charge in [-0.1, -0.05) is 84.9 Å². The minimum absolute atomic E-state index is 0.0795. The third-order valence-electron chi connectivity index (χ3n) is 5.50. The maximum Gasteiger partial charge on any atom is 0.407 e. The highest BCUT2D eigenvalue weighted by Gasteiger charge is 2.28. The van der Waals surface area contributed by atoms with Gasteiger partial charge in [0.2, 0.25) is 0 Å². The fraction of sp³-hybridized carbons (Fsp3) is 0.192. The second-order valence-electron chi connectivity index (χ2n) is 7.35. The first-order valence-corrected chi connectivity index (χ1v) is 10.3. The molecule has 0 aromatic heterocycles. The summed E-state index contributed by atoms with van der Waals surface area (Å²) in [5.74, 6) is 0.0795. The summed E-state index contributed by atoms with van der Waals surface area (Å²) in [6, 6.07) is 24.7. The maximum absolute atomic E-state index is 12.2. The average Bonchev–Trinajstić information content (AvgIpc) is 3.11. The first kappa shape index (κ1) is 19.9. The summed E-state index contributed by atoms with van der Waals surface area (Å²) in [4.78, 5) is 12.2. The number of rotatable bonds is 7. The molecule has 4 rings (SSSR count). The second kappa shape index (κ2) is 9.42. The monoisotopic (exact) mass is 398 g/mol. The van der Waals surface area contributed by atoms with Gasteiger partial charge in [-0.25, -0.2) is 4.79 Å². The molecule has 152 valence electrons. The van der Waals surface area contributed by atoms with E-state index in [9.17, 15) is 4.79 Å². The van der Waals surface area contributed by atoms with Crippen LogP contribution in [0, 0.1) is 0 Å². The van der Waals surface area contributed by atoms with E-state index in [0.29, 0.717) is 19.7 Å². The first-order chi connectivity index (χ1) is 14.8. The van der Waals surface area contributed by atoms with E-state index in [1.807, 2.05) is 60.7 Å². The van der Waals surface area contributed by atoms with E-state index in [1.165, 1.54) is 22.3 Å². The molecule has 0 spiro atoms. The SMILES string of the molecule is NCc1ccccc1C=CCCNC(=O)OCC1c2ccccc2-c2ccccc21. The molecule has 0 bridgehead atoms. The maximum atomic E-state index is 12.2. The number of nitrogens with two attached hydrogens (primary N) is 1. The topological polar surface area (TPSA) is 64.3 Å². The highest BCUT2D eigenvalue weighted by atomic mass is 16.5. The van der Waals surface area contributed by atoms with Crippen LogP contribution < -0.4 is 11.1 Å². The van der Waals surface area contributed by atoms with Gasteiger partial charge in [-0.2, -0.15) is 0 Å². The Kier molecular flexibility index (Phi) is 6.26. The molecule has 4 nitrogen and oxygen atoms in total. The fourth-order valence-corrected chi connectivity index (χ4v) is 4.00. The van der Waals surface area contributed by atoms with Crippen molar-refractivity contribution in [2.75, 3.05) is 13.2 Å². The van der Waals surface area contributed by atoms with Gasteiger partial charge in [0.25, 0.3) is 0 Å². The number of ether oxygens (including phenoxy) is 1. The fourth-order valence-electron chi connectivity index (χ4n) is 4.00. The number of fused-ring (bicyclic) bond motifs is 3. The molecule has 1 amide bonds. The number of carbonyl (C=O) groups is 1. The van der Waals surface area contributed by atoms with Crippen LogP contribution in [0.4, 0.5) is 4.79 Å². The Hall–Kier alpha value is -3.37. The van der Waals surface area contributed by atoms with Gasteiger partial charge < -0.3 is 15.8 Å². The molecule has 30 heavy (non-hydrogen) atoms. The van der Waals surface area contributed by atoms with Crippen molar-refractivity contribution in [1.29, 1.82) is 0 Å². The predicted molar refractivity (Wildman–Crippen MR) is 121 cm³/mol. The molecule has 0 atom stereocenters. The van der Waals surface area contributed by atoms with Gasteiger partial charge in [0.15, 0.2) is 0 Å². The van der Waals surface area contributed by atoms with Crippen molar-refractivity contribution in [3.8, 4) is 11.1 Å². The van der Waals surface area contributed by atoms with Crippen molar-refractivity contribution in [2.45, 2.75) is 18.9 Å². The molecule has 3 aromatic rings. The van der Waals surface area contributed by atoms with Crippen molar-refractivity contribution >= 4 is 12.2 Å². The number of alkyl carbamates (subject to hydrolysis) is 1. The molecule has 0 unspecified atom stereocenters. The van der Waals surface area contributed by atoms with Crippen LogP contribution in [-0.4, -0.2) is 19.2 Å². The second-order valence-corrected chi connectivity index (χ2v) is 7.35. The van der Waals surface area contributed by atoms with Crippen LogP contribution in [0.1, 0.15) is 34.6 Å². The van der Waals surface area contributed by atoms with Crippen molar-refractivity contribution in [3.63, 3.8) is 0 Å². The van der Waals surface area contributed by atoms with Crippen LogP contribution in [0.2, 0.25) is 0 Å². The van der Waals surface area contributed by atoms with Crippen molar-refractivity contribution in [3.05, 3.63) is 101 Å². The summed E-state index contributed by atoms with van der Waals surface area (Å²) in [7, 11) is 0. The Morgan fingerprint density at radius 2 is 1.57 bits per heavy atom. The van der Waals surface area contributed by atoms with Crippen molar-refractivity contribution in [1.82, 2.24) is 5.32 Å². The molecule has 0 saturated carbocycles. The van der Waals surface area contributed by atoms with Crippen LogP contribution in [0.5, 0.6) is 0 Å². The Bertz CT molecular complexity index is 1010. The largest absolute Gasteiger partial charge is 0.449 e. The number of hydrogen-bond donors (Lipinski definition) is 2. The van der Waals surface area contributed by atoms with E-state index in [1.54, 1.807) is 0 Å². The van der Waals surface area contributed by atoms with Crippen molar-refractivity contribution < 1.29 is 9.53 Å². The predicted octanol–water partition coefficient (Wildman–Crippen LogP) is 5.09. The number of carbonyl (C=O) groups excluding carboxylic acids is 1. The van der Waals surface area contributed by atoms with Gasteiger partial charge in [0.1, 0.15) is 6.61 Å². The van der Waals surface area contributed by atoms with Crippen LogP contribution in [0.25, 0.3) is 17.2 Å². The Morgan fingerprint density at radius 1 is 0.933 bits per heavy atom. The molecule has 0 aliphatic heterocycles. The summed E-state index contributed by atoms with van der Waals surface area (Å²) in [5, 5.41) is 2.83. The van der Waals surface area contributed by atoms with E-state index < -0.39 is 0 Å². The normalized spacial score (nSPS) is 12.6. The summed E-state index contributed by atoms with van der Waals surface area (Å²) in [6.45, 7) is 1.37. The molecule has 1 aliphatic rings. The smallest absolute Gasteiger partial charge is 0.407 e. The van der Waals surface area contributed by atoms with E-state index in [0.717, 1.165) is 17.5 Å². The van der Waals surface area contributed by atoms with Crippen LogP contribution >= 0.6 is 0 Å². The lowest BCUT2D eigenvalue weighted by molar-refractivity contribution is 0.143. The minimum Gasteiger partial charge on any atom is -0.449 e. The summed E-state index contributed by atoms with van der Waals surface area (Å²) in [5.41, 5.74) is 12.9. The lowest BCUT2D eigenvalue weighted by Gasteiger charge is -2.14.